The molecule has 1 amide bonds. The molecule has 6 nitrogen and oxygen atoms in total. The van der Waals surface area contributed by atoms with Gasteiger partial charge in [0.25, 0.3) is 5.91 Å². The molecule has 0 aliphatic carbocycles. The third-order valence-corrected chi connectivity index (χ3v) is 4.24. The van der Waals surface area contributed by atoms with E-state index < -0.39 is 0 Å². The van der Waals surface area contributed by atoms with Gasteiger partial charge in [0.1, 0.15) is 5.69 Å². The van der Waals surface area contributed by atoms with E-state index in [2.05, 4.69) is 5.10 Å². The van der Waals surface area contributed by atoms with Crippen molar-refractivity contribution >= 4 is 17.4 Å². The van der Waals surface area contributed by atoms with E-state index in [-0.39, 0.29) is 24.3 Å². The molecule has 6 heteroatoms. The molecular weight excluding hydrogens is 294 g/mol. The molecule has 1 atom stereocenters. The maximum absolute atomic E-state index is 13.0. The number of piperidine rings is 1. The SMILES string of the molecule is CCOC(=O)C[C@H]1CCCCN1C(=O)c1cccc2ccnn12. The average Bonchev–Trinajstić information content (AvgIpc) is 3.03. The number of aromatic nitrogens is 2. The van der Waals surface area contributed by atoms with Crippen LogP contribution in [0.5, 0.6) is 0 Å². The van der Waals surface area contributed by atoms with Crippen LogP contribution < -0.4 is 0 Å². The second kappa shape index (κ2) is 6.81. The molecule has 0 bridgehead atoms. The van der Waals surface area contributed by atoms with Crippen molar-refractivity contribution in [3.8, 4) is 0 Å². The fourth-order valence-electron chi connectivity index (χ4n) is 3.15. The average molecular weight is 315 g/mol. The second-order valence-electron chi connectivity index (χ2n) is 5.74. The van der Waals surface area contributed by atoms with Gasteiger partial charge in [-0.2, -0.15) is 5.10 Å². The van der Waals surface area contributed by atoms with Crippen molar-refractivity contribution in [3.05, 3.63) is 36.2 Å². The van der Waals surface area contributed by atoms with Crippen LogP contribution in [0.4, 0.5) is 0 Å². The lowest BCUT2D eigenvalue weighted by atomic mass is 9.99. The summed E-state index contributed by atoms with van der Waals surface area (Å²) in [5.41, 5.74) is 1.41. The number of hydrogen-bond donors (Lipinski definition) is 0. The standard InChI is InChI=1S/C17H21N3O3/c1-2-23-16(21)12-14-6-3-4-11-19(14)17(22)15-8-5-7-13-9-10-18-20(13)15/h5,7-10,14H,2-4,6,11-12H2,1H3/t14-/m1/s1. The minimum atomic E-state index is -0.241. The highest BCUT2D eigenvalue weighted by molar-refractivity contribution is 5.93. The molecule has 1 aliphatic heterocycles. The zero-order valence-corrected chi connectivity index (χ0v) is 13.3. The molecule has 0 saturated carbocycles. The third-order valence-electron chi connectivity index (χ3n) is 4.24. The number of rotatable bonds is 4. The van der Waals surface area contributed by atoms with Gasteiger partial charge in [0.05, 0.1) is 24.7 Å². The molecular formula is C17H21N3O3. The summed E-state index contributed by atoms with van der Waals surface area (Å²) >= 11 is 0. The van der Waals surface area contributed by atoms with Crippen molar-refractivity contribution < 1.29 is 14.3 Å². The number of ether oxygens (including phenoxy) is 1. The van der Waals surface area contributed by atoms with Gasteiger partial charge in [0.15, 0.2) is 0 Å². The highest BCUT2D eigenvalue weighted by Crippen LogP contribution is 2.22. The van der Waals surface area contributed by atoms with Gasteiger partial charge in [-0.25, -0.2) is 4.52 Å². The van der Waals surface area contributed by atoms with Gasteiger partial charge >= 0.3 is 5.97 Å². The number of esters is 1. The van der Waals surface area contributed by atoms with E-state index in [1.165, 1.54) is 0 Å². The van der Waals surface area contributed by atoms with Crippen LogP contribution in [0.25, 0.3) is 5.52 Å². The number of hydrogen-bond acceptors (Lipinski definition) is 4. The zero-order chi connectivity index (χ0) is 16.2. The Bertz CT molecular complexity index is 710. The van der Waals surface area contributed by atoms with Crippen molar-refractivity contribution in [1.82, 2.24) is 14.5 Å². The molecule has 3 heterocycles. The van der Waals surface area contributed by atoms with Gasteiger partial charge in [-0.3, -0.25) is 9.59 Å². The van der Waals surface area contributed by atoms with Crippen LogP contribution in [-0.4, -0.2) is 45.6 Å². The number of nitrogens with zero attached hydrogens (tertiary/aromatic N) is 3. The quantitative estimate of drug-likeness (QED) is 0.812. The van der Waals surface area contributed by atoms with Crippen LogP contribution in [0.1, 0.15) is 43.1 Å². The molecule has 1 aliphatic rings. The van der Waals surface area contributed by atoms with Crippen molar-refractivity contribution in [2.45, 2.75) is 38.6 Å². The number of pyridine rings is 1. The summed E-state index contributed by atoms with van der Waals surface area (Å²) in [5.74, 6) is -0.317. The molecule has 2 aromatic rings. The molecule has 0 spiro atoms. The topological polar surface area (TPSA) is 63.9 Å². The molecule has 23 heavy (non-hydrogen) atoms. The second-order valence-corrected chi connectivity index (χ2v) is 5.74. The van der Waals surface area contributed by atoms with E-state index in [0.717, 1.165) is 24.8 Å². The maximum atomic E-state index is 13.0. The Labute approximate surface area is 135 Å². The van der Waals surface area contributed by atoms with E-state index in [0.29, 0.717) is 18.8 Å². The van der Waals surface area contributed by atoms with E-state index in [4.69, 9.17) is 4.74 Å². The Morgan fingerprint density at radius 1 is 1.30 bits per heavy atom. The van der Waals surface area contributed by atoms with Crippen LogP contribution in [0, 0.1) is 0 Å². The molecule has 1 fully saturated rings. The lowest BCUT2D eigenvalue weighted by Crippen LogP contribution is -2.45. The maximum Gasteiger partial charge on any atom is 0.307 e. The fraction of sp³-hybridized carbons (Fsp3) is 0.471. The van der Waals surface area contributed by atoms with E-state index >= 15 is 0 Å². The van der Waals surface area contributed by atoms with Gasteiger partial charge < -0.3 is 9.64 Å². The van der Waals surface area contributed by atoms with Crippen LogP contribution in [-0.2, 0) is 9.53 Å². The first-order valence-electron chi connectivity index (χ1n) is 8.10. The third kappa shape index (κ3) is 3.21. The Morgan fingerprint density at radius 2 is 2.17 bits per heavy atom. The number of likely N-dealkylation sites (tertiary alicyclic amines) is 1. The van der Waals surface area contributed by atoms with Gasteiger partial charge in [0.2, 0.25) is 0 Å². The van der Waals surface area contributed by atoms with Gasteiger partial charge in [0, 0.05) is 12.6 Å². The minimum Gasteiger partial charge on any atom is -0.466 e. The highest BCUT2D eigenvalue weighted by Gasteiger charge is 2.30. The molecule has 1 saturated heterocycles. The Kier molecular flexibility index (Phi) is 4.60. The predicted molar refractivity (Wildman–Crippen MR) is 85.1 cm³/mol. The van der Waals surface area contributed by atoms with Crippen LogP contribution in [0.3, 0.4) is 0 Å². The van der Waals surface area contributed by atoms with Crippen LogP contribution in [0.2, 0.25) is 0 Å². The highest BCUT2D eigenvalue weighted by atomic mass is 16.5. The van der Waals surface area contributed by atoms with Crippen molar-refractivity contribution in [3.63, 3.8) is 0 Å². The smallest absolute Gasteiger partial charge is 0.307 e. The largest absolute Gasteiger partial charge is 0.466 e. The molecule has 0 radical (unpaired) electrons. The summed E-state index contributed by atoms with van der Waals surface area (Å²) in [6.07, 6.45) is 4.76. The Morgan fingerprint density at radius 3 is 3.00 bits per heavy atom. The lowest BCUT2D eigenvalue weighted by Gasteiger charge is -2.35. The Balaban J connectivity index is 1.83. The molecule has 122 valence electrons. The van der Waals surface area contributed by atoms with Crippen LogP contribution >= 0.6 is 0 Å². The minimum absolute atomic E-state index is 0.0756. The Hall–Kier alpha value is -2.37. The van der Waals surface area contributed by atoms with E-state index in [9.17, 15) is 9.59 Å². The number of carbonyl (C=O) groups excluding carboxylic acids is 2. The summed E-state index contributed by atoms with van der Waals surface area (Å²) in [4.78, 5) is 26.6. The van der Waals surface area contributed by atoms with Gasteiger partial charge in [-0.1, -0.05) is 6.07 Å². The number of amides is 1. The normalized spacial score (nSPS) is 18.1. The zero-order valence-electron chi connectivity index (χ0n) is 13.3. The molecule has 3 rings (SSSR count). The number of carbonyl (C=O) groups is 2. The summed E-state index contributed by atoms with van der Waals surface area (Å²) in [6.45, 7) is 2.83. The number of fused-ring (bicyclic) bond motifs is 1. The lowest BCUT2D eigenvalue weighted by molar-refractivity contribution is -0.144. The molecule has 2 aromatic heterocycles. The van der Waals surface area contributed by atoms with Gasteiger partial charge in [-0.05, 0) is 44.4 Å². The first kappa shape index (κ1) is 15.5. The predicted octanol–water partition coefficient (Wildman–Crippen LogP) is 2.28. The fourth-order valence-corrected chi connectivity index (χ4v) is 3.15. The molecule has 0 aromatic carbocycles. The summed E-state index contributed by atoms with van der Waals surface area (Å²) in [5, 5.41) is 4.23. The van der Waals surface area contributed by atoms with Crippen molar-refractivity contribution in [2.24, 2.45) is 0 Å². The monoisotopic (exact) mass is 315 g/mol. The van der Waals surface area contributed by atoms with Gasteiger partial charge in [-0.15, -0.1) is 0 Å². The van der Waals surface area contributed by atoms with Crippen LogP contribution in [0.15, 0.2) is 30.5 Å². The van der Waals surface area contributed by atoms with Crippen molar-refractivity contribution in [2.75, 3.05) is 13.2 Å². The van der Waals surface area contributed by atoms with Crippen molar-refractivity contribution in [1.29, 1.82) is 0 Å². The first-order valence-corrected chi connectivity index (χ1v) is 8.10. The van der Waals surface area contributed by atoms with E-state index in [1.807, 2.05) is 18.2 Å². The van der Waals surface area contributed by atoms with E-state index in [1.54, 1.807) is 28.6 Å². The first-order chi connectivity index (χ1) is 11.2. The molecule has 0 unspecified atom stereocenters. The summed E-state index contributed by atoms with van der Waals surface area (Å²) in [6, 6.07) is 7.31. The summed E-state index contributed by atoms with van der Waals surface area (Å²) in [7, 11) is 0. The summed E-state index contributed by atoms with van der Waals surface area (Å²) < 4.78 is 6.69. The molecule has 0 N–H and O–H groups in total.